The molecule has 0 saturated carbocycles. The lowest BCUT2D eigenvalue weighted by Crippen LogP contribution is -2.68. The highest BCUT2D eigenvalue weighted by atomic mass is 16.3. The van der Waals surface area contributed by atoms with Gasteiger partial charge in [-0.1, -0.05) is 31.2 Å². The number of nitrogens with two attached hydrogens (primary N) is 3. The van der Waals surface area contributed by atoms with Crippen LogP contribution in [0.5, 0.6) is 5.75 Å². The summed E-state index contributed by atoms with van der Waals surface area (Å²) in [6, 6.07) is 16.4. The zero-order chi connectivity index (χ0) is 26.4. The summed E-state index contributed by atoms with van der Waals surface area (Å²) >= 11 is 0. The zero-order valence-corrected chi connectivity index (χ0v) is 21.5. The zero-order valence-electron chi connectivity index (χ0n) is 21.5. The van der Waals surface area contributed by atoms with Crippen molar-refractivity contribution in [3.05, 3.63) is 77.3 Å². The Morgan fingerprint density at radius 2 is 1.86 bits per heavy atom. The van der Waals surface area contributed by atoms with Crippen LogP contribution in [0.15, 0.2) is 66.1 Å². The number of piperidine rings is 1. The lowest BCUT2D eigenvalue weighted by atomic mass is 9.86. The van der Waals surface area contributed by atoms with Gasteiger partial charge in [0.05, 0.1) is 5.70 Å². The van der Waals surface area contributed by atoms with Gasteiger partial charge in [-0.2, -0.15) is 0 Å². The number of anilines is 1. The summed E-state index contributed by atoms with van der Waals surface area (Å²) in [6.45, 7) is 7.07. The van der Waals surface area contributed by atoms with Gasteiger partial charge >= 0.3 is 0 Å². The smallest absolute Gasteiger partial charge is 0.207 e. The number of carbonyl (C=O) groups is 1. The SMILES string of the molecule is CCCN(CCNC=O)Cc1cccc(N2C3CC2CN(C(/C=C(\N)c2ccccc2O)=C(N)N)C3)c1. The Bertz CT molecular complexity index is 1130. The molecule has 2 aromatic carbocycles. The van der Waals surface area contributed by atoms with Gasteiger partial charge in [0, 0.05) is 61.8 Å². The van der Waals surface area contributed by atoms with Gasteiger partial charge in [-0.25, -0.2) is 0 Å². The van der Waals surface area contributed by atoms with Crippen LogP contribution in [0.2, 0.25) is 0 Å². The number of carbonyl (C=O) groups excluding carboxylic acids is 1. The van der Waals surface area contributed by atoms with Crippen LogP contribution >= 0.6 is 0 Å². The standard InChI is InChI=1S/C28H39N7O2/c1-2-11-33(12-10-32-19-36)16-20-6-5-7-21(13-20)35-22-14-23(35)18-34(17-22)26(28(30)31)15-25(29)24-8-3-4-9-27(24)37/h3-9,13,15,19,22-23,37H,2,10-12,14,16-18,29-31H2,1H3,(H,32,36)/b25-15-. The van der Waals surface area contributed by atoms with Crippen LogP contribution < -0.4 is 27.4 Å². The second kappa shape index (κ2) is 11.9. The first-order chi connectivity index (χ1) is 17.9. The molecule has 0 radical (unpaired) electrons. The number of benzene rings is 2. The maximum absolute atomic E-state index is 10.6. The number of allylic oxidation sites excluding steroid dienone is 1. The van der Waals surface area contributed by atoms with E-state index in [9.17, 15) is 9.90 Å². The van der Waals surface area contributed by atoms with Crippen LogP contribution in [0.4, 0.5) is 5.69 Å². The molecule has 3 fully saturated rings. The summed E-state index contributed by atoms with van der Waals surface area (Å²) in [4.78, 5) is 17.7. The fourth-order valence-corrected chi connectivity index (χ4v) is 5.47. The topological polar surface area (TPSA) is 137 Å². The van der Waals surface area contributed by atoms with Crippen LogP contribution in [0.1, 0.15) is 30.9 Å². The molecule has 2 aromatic rings. The van der Waals surface area contributed by atoms with E-state index in [1.807, 2.05) is 6.07 Å². The summed E-state index contributed by atoms with van der Waals surface area (Å²) in [5.41, 5.74) is 22.7. The molecule has 2 bridgehead atoms. The minimum atomic E-state index is 0.122. The number of fused-ring (bicyclic) bond motifs is 2. The molecule has 0 aromatic heterocycles. The third-order valence-electron chi connectivity index (χ3n) is 7.15. The molecule has 3 aliphatic heterocycles. The summed E-state index contributed by atoms with van der Waals surface area (Å²) in [6.07, 6.45) is 4.71. The fraction of sp³-hybridized carbons (Fsp3) is 0.393. The van der Waals surface area contributed by atoms with E-state index in [2.05, 4.69) is 51.2 Å². The van der Waals surface area contributed by atoms with Gasteiger partial charge in [0.15, 0.2) is 0 Å². The number of phenolic OH excluding ortho intramolecular Hbond substituents is 1. The van der Waals surface area contributed by atoms with Crippen molar-refractivity contribution in [1.29, 1.82) is 0 Å². The number of hydrogen-bond acceptors (Lipinski definition) is 8. The van der Waals surface area contributed by atoms with Gasteiger partial charge in [0.1, 0.15) is 11.6 Å². The van der Waals surface area contributed by atoms with Gasteiger partial charge in [-0.15, -0.1) is 0 Å². The van der Waals surface area contributed by atoms with Crippen molar-refractivity contribution < 1.29 is 9.90 Å². The molecule has 2 unspecified atom stereocenters. The number of piperazine rings is 1. The molecule has 198 valence electrons. The Hall–Kier alpha value is -3.85. The highest BCUT2D eigenvalue weighted by Gasteiger charge is 2.45. The molecule has 8 N–H and O–H groups in total. The molecule has 3 saturated heterocycles. The van der Waals surface area contributed by atoms with E-state index < -0.39 is 0 Å². The summed E-state index contributed by atoms with van der Waals surface area (Å²) in [5, 5.41) is 12.9. The Kier molecular flexibility index (Phi) is 8.45. The number of nitrogens with zero attached hydrogens (tertiary/aromatic N) is 3. The molecular weight excluding hydrogens is 466 g/mol. The van der Waals surface area contributed by atoms with Crippen molar-refractivity contribution in [3.63, 3.8) is 0 Å². The first kappa shape index (κ1) is 26.2. The second-order valence-electron chi connectivity index (χ2n) is 9.83. The first-order valence-corrected chi connectivity index (χ1v) is 12.9. The van der Waals surface area contributed by atoms with Gasteiger partial charge in [-0.3, -0.25) is 9.69 Å². The Labute approximate surface area is 219 Å². The molecule has 9 nitrogen and oxygen atoms in total. The van der Waals surface area contributed by atoms with Gasteiger partial charge in [0.2, 0.25) is 6.41 Å². The van der Waals surface area contributed by atoms with Gasteiger partial charge in [0.25, 0.3) is 0 Å². The Morgan fingerprint density at radius 3 is 2.54 bits per heavy atom. The van der Waals surface area contributed by atoms with Crippen LogP contribution in [0.3, 0.4) is 0 Å². The van der Waals surface area contributed by atoms with Crippen molar-refractivity contribution in [2.24, 2.45) is 17.2 Å². The van der Waals surface area contributed by atoms with Crippen molar-refractivity contribution in [3.8, 4) is 5.75 Å². The predicted molar refractivity (Wildman–Crippen MR) is 148 cm³/mol. The largest absolute Gasteiger partial charge is 0.507 e. The normalized spacial score (nSPS) is 18.9. The van der Waals surface area contributed by atoms with Gasteiger partial charge < -0.3 is 37.4 Å². The summed E-state index contributed by atoms with van der Waals surface area (Å²) in [7, 11) is 0. The van der Waals surface area contributed by atoms with Crippen LogP contribution in [-0.2, 0) is 11.3 Å². The average molecular weight is 506 g/mol. The number of hydrogen-bond donors (Lipinski definition) is 5. The molecule has 37 heavy (non-hydrogen) atoms. The molecule has 9 heteroatoms. The molecule has 1 amide bonds. The van der Waals surface area contributed by atoms with E-state index in [1.54, 1.807) is 24.3 Å². The lowest BCUT2D eigenvalue weighted by molar-refractivity contribution is -0.109. The van der Waals surface area contributed by atoms with E-state index in [-0.39, 0.29) is 11.6 Å². The molecule has 2 atom stereocenters. The van der Waals surface area contributed by atoms with Crippen LogP contribution in [-0.4, -0.2) is 66.1 Å². The molecule has 5 rings (SSSR count). The van der Waals surface area contributed by atoms with Crippen molar-refractivity contribution in [1.82, 2.24) is 15.1 Å². The van der Waals surface area contributed by atoms with E-state index in [0.717, 1.165) is 52.0 Å². The van der Waals surface area contributed by atoms with E-state index in [4.69, 9.17) is 17.2 Å². The predicted octanol–water partition coefficient (Wildman–Crippen LogP) is 1.70. The van der Waals surface area contributed by atoms with Crippen molar-refractivity contribution >= 4 is 17.8 Å². The molecular formula is C28H39N7O2. The third kappa shape index (κ3) is 6.11. The van der Waals surface area contributed by atoms with E-state index >= 15 is 0 Å². The number of phenols is 1. The number of nitrogens with one attached hydrogen (secondary N) is 1. The third-order valence-corrected chi connectivity index (χ3v) is 7.15. The average Bonchev–Trinajstić information content (AvgIpc) is 2.87. The number of rotatable bonds is 12. The minimum absolute atomic E-state index is 0.122. The van der Waals surface area contributed by atoms with Crippen LogP contribution in [0.25, 0.3) is 5.70 Å². The highest BCUT2D eigenvalue weighted by Crippen LogP contribution is 2.39. The maximum atomic E-state index is 10.6. The molecule has 3 heterocycles. The lowest BCUT2D eigenvalue weighted by Gasteiger charge is -2.58. The minimum Gasteiger partial charge on any atom is -0.507 e. The second-order valence-corrected chi connectivity index (χ2v) is 9.83. The Balaban J connectivity index is 1.45. The number of aromatic hydroxyl groups is 1. The Morgan fingerprint density at radius 1 is 1.11 bits per heavy atom. The monoisotopic (exact) mass is 505 g/mol. The first-order valence-electron chi connectivity index (χ1n) is 12.9. The summed E-state index contributed by atoms with van der Waals surface area (Å²) in [5.74, 6) is 0.338. The quantitative estimate of drug-likeness (QED) is 0.167. The van der Waals surface area contributed by atoms with Gasteiger partial charge in [-0.05, 0) is 55.3 Å². The number of para-hydroxylation sites is 1. The van der Waals surface area contributed by atoms with Crippen molar-refractivity contribution in [2.45, 2.75) is 38.4 Å². The molecule has 0 spiro atoms. The number of amides is 1. The maximum Gasteiger partial charge on any atom is 0.207 e. The highest BCUT2D eigenvalue weighted by molar-refractivity contribution is 5.70. The van der Waals surface area contributed by atoms with E-state index in [1.165, 1.54) is 11.3 Å². The molecule has 0 aliphatic carbocycles. The fourth-order valence-electron chi connectivity index (χ4n) is 5.47. The van der Waals surface area contributed by atoms with Crippen LogP contribution in [0, 0.1) is 0 Å². The van der Waals surface area contributed by atoms with Crippen molar-refractivity contribution in [2.75, 3.05) is 37.6 Å². The summed E-state index contributed by atoms with van der Waals surface area (Å²) < 4.78 is 0. The van der Waals surface area contributed by atoms with E-state index in [0.29, 0.717) is 35.6 Å². The molecule has 3 aliphatic rings.